The molecule has 1 fully saturated rings. The van der Waals surface area contributed by atoms with Crippen LogP contribution in [0.4, 0.5) is 24.7 Å². The van der Waals surface area contributed by atoms with Gasteiger partial charge in [0.15, 0.2) is 6.23 Å². The maximum Gasteiger partial charge on any atom is 0.395 e. The highest BCUT2D eigenvalue weighted by molar-refractivity contribution is 6.35. The Morgan fingerprint density at radius 3 is 2.47 bits per heavy atom. The first kappa shape index (κ1) is 25.5. The minimum absolute atomic E-state index is 0.0489. The first-order chi connectivity index (χ1) is 17.0. The molecule has 0 spiro atoms. The van der Waals surface area contributed by atoms with Crippen LogP contribution in [0.25, 0.3) is 0 Å². The number of nitriles is 1. The van der Waals surface area contributed by atoms with E-state index in [2.05, 4.69) is 9.97 Å². The summed E-state index contributed by atoms with van der Waals surface area (Å²) in [6, 6.07) is 7.89. The van der Waals surface area contributed by atoms with E-state index in [1.165, 1.54) is 41.7 Å². The van der Waals surface area contributed by atoms with Crippen LogP contribution in [0.3, 0.4) is 0 Å². The Morgan fingerprint density at radius 1 is 1.19 bits per heavy atom. The van der Waals surface area contributed by atoms with E-state index in [1.807, 2.05) is 6.07 Å². The molecule has 0 amide bonds. The van der Waals surface area contributed by atoms with Crippen molar-refractivity contribution >= 4 is 40.4 Å². The van der Waals surface area contributed by atoms with Crippen LogP contribution < -0.4 is 21.1 Å². The molecule has 13 heteroatoms. The number of hydrogen-bond acceptors (Lipinski definition) is 8. The molecule has 1 aliphatic heterocycles. The van der Waals surface area contributed by atoms with Gasteiger partial charge in [-0.3, -0.25) is 16.1 Å². The maximum atomic E-state index is 12.8. The molecular formula is C23H18Cl2F3N7O. The van der Waals surface area contributed by atoms with E-state index >= 15 is 0 Å². The first-order valence-electron chi connectivity index (χ1n) is 10.4. The van der Waals surface area contributed by atoms with Crippen molar-refractivity contribution in [3.63, 3.8) is 0 Å². The molecule has 0 unspecified atom stereocenters. The van der Waals surface area contributed by atoms with Crippen LogP contribution in [0.1, 0.15) is 28.5 Å². The van der Waals surface area contributed by atoms with Gasteiger partial charge >= 0.3 is 6.18 Å². The number of nitrogens with two attached hydrogens (primary N) is 2. The SMILES string of the molecule is N#Cc1cc(C(=N)c2cc(O[C@H](N)c3c(Cl)cncc3Cl)ccc2N)cnc1N1CC(C(F)(F)F)C1. The largest absolute Gasteiger partial charge is 0.471 e. The van der Waals surface area contributed by atoms with Gasteiger partial charge in [-0.15, -0.1) is 0 Å². The Labute approximate surface area is 213 Å². The molecule has 0 aliphatic carbocycles. The topological polar surface area (TPSA) is 138 Å². The second kappa shape index (κ2) is 9.81. The fraction of sp³-hybridized carbons (Fsp3) is 0.217. The Hall–Kier alpha value is -3.59. The molecule has 3 aromatic rings. The molecule has 5 N–H and O–H groups in total. The molecule has 0 saturated carbocycles. The maximum absolute atomic E-state index is 12.8. The molecule has 1 aromatic carbocycles. The number of benzene rings is 1. The molecule has 4 rings (SSSR count). The predicted molar refractivity (Wildman–Crippen MR) is 129 cm³/mol. The summed E-state index contributed by atoms with van der Waals surface area (Å²) in [6.07, 6.45) is -1.27. The molecule has 0 radical (unpaired) electrons. The smallest absolute Gasteiger partial charge is 0.395 e. The van der Waals surface area contributed by atoms with Gasteiger partial charge in [0.1, 0.15) is 17.6 Å². The number of hydrogen-bond donors (Lipinski definition) is 3. The standard InChI is InChI=1S/C23H18Cl2F3N7O/c24-16-7-33-8-17(25)19(16)21(32)36-14-1-2-18(30)15(4-14)20(31)12-3-11(5-29)22(34-6-12)35-9-13(10-35)23(26,27)28/h1-4,6-8,13,21,31H,9-10,30,32H2/t21-/m0/s1. The number of anilines is 2. The van der Waals surface area contributed by atoms with E-state index in [-0.39, 0.29) is 62.8 Å². The Bertz CT molecular complexity index is 1350. The zero-order valence-electron chi connectivity index (χ0n) is 18.4. The zero-order valence-corrected chi connectivity index (χ0v) is 19.9. The van der Waals surface area contributed by atoms with Crippen LogP contribution in [0, 0.1) is 22.7 Å². The van der Waals surface area contributed by atoms with Gasteiger partial charge in [-0.25, -0.2) is 4.98 Å². The van der Waals surface area contributed by atoms with Gasteiger partial charge in [0.25, 0.3) is 0 Å². The van der Waals surface area contributed by atoms with Crippen molar-refractivity contribution in [2.75, 3.05) is 23.7 Å². The molecule has 3 heterocycles. The number of aromatic nitrogens is 2. The molecule has 36 heavy (non-hydrogen) atoms. The van der Waals surface area contributed by atoms with Crippen molar-refractivity contribution in [3.05, 3.63) is 75.2 Å². The lowest BCUT2D eigenvalue weighted by Gasteiger charge is -2.41. The van der Waals surface area contributed by atoms with Gasteiger partial charge < -0.3 is 15.4 Å². The Balaban J connectivity index is 1.56. The molecular weight excluding hydrogens is 518 g/mol. The molecule has 1 atom stereocenters. The molecule has 2 aromatic heterocycles. The molecule has 0 bridgehead atoms. The third kappa shape index (κ3) is 5.02. The fourth-order valence-corrected chi connectivity index (χ4v) is 4.25. The van der Waals surface area contributed by atoms with Crippen molar-refractivity contribution in [2.45, 2.75) is 12.4 Å². The van der Waals surface area contributed by atoms with E-state index in [0.717, 1.165) is 0 Å². The van der Waals surface area contributed by atoms with Gasteiger partial charge in [0.05, 0.1) is 27.2 Å². The normalized spacial score (nSPS) is 14.6. The van der Waals surface area contributed by atoms with Gasteiger partial charge in [-0.05, 0) is 24.3 Å². The lowest BCUT2D eigenvalue weighted by atomic mass is 9.97. The van der Waals surface area contributed by atoms with E-state index in [0.29, 0.717) is 5.56 Å². The lowest BCUT2D eigenvalue weighted by molar-refractivity contribution is -0.180. The molecule has 1 aliphatic rings. The molecule has 8 nitrogen and oxygen atoms in total. The molecule has 1 saturated heterocycles. The van der Waals surface area contributed by atoms with Crippen LogP contribution in [-0.4, -0.2) is 34.9 Å². The highest BCUT2D eigenvalue weighted by Crippen LogP contribution is 2.37. The van der Waals surface area contributed by atoms with Crippen molar-refractivity contribution < 1.29 is 17.9 Å². The summed E-state index contributed by atoms with van der Waals surface area (Å²) >= 11 is 12.3. The average Bonchev–Trinajstić information content (AvgIpc) is 2.78. The van der Waals surface area contributed by atoms with Gasteiger partial charge in [0.2, 0.25) is 0 Å². The fourth-order valence-electron chi connectivity index (χ4n) is 3.67. The summed E-state index contributed by atoms with van der Waals surface area (Å²) in [4.78, 5) is 9.41. The van der Waals surface area contributed by atoms with Crippen LogP contribution in [0.2, 0.25) is 10.0 Å². The van der Waals surface area contributed by atoms with Gasteiger partial charge in [-0.2, -0.15) is 18.4 Å². The number of halogens is 5. The lowest BCUT2D eigenvalue weighted by Crippen LogP contribution is -2.54. The number of nitrogens with one attached hydrogen (secondary N) is 1. The van der Waals surface area contributed by atoms with E-state index in [1.54, 1.807) is 6.07 Å². The van der Waals surface area contributed by atoms with Crippen LogP contribution in [-0.2, 0) is 0 Å². The van der Waals surface area contributed by atoms with Crippen molar-refractivity contribution in [3.8, 4) is 11.8 Å². The van der Waals surface area contributed by atoms with Crippen molar-refractivity contribution in [1.82, 2.24) is 9.97 Å². The quantitative estimate of drug-likeness (QED) is 0.236. The zero-order chi connectivity index (χ0) is 26.2. The van der Waals surface area contributed by atoms with Crippen LogP contribution in [0.15, 0.2) is 42.9 Å². The molecule has 186 valence electrons. The van der Waals surface area contributed by atoms with Gasteiger partial charge in [-0.1, -0.05) is 23.2 Å². The summed E-state index contributed by atoms with van der Waals surface area (Å²) in [6.45, 7) is -0.555. The van der Waals surface area contributed by atoms with Gasteiger partial charge in [0, 0.05) is 54.1 Å². The highest BCUT2D eigenvalue weighted by atomic mass is 35.5. The second-order valence-electron chi connectivity index (χ2n) is 8.03. The third-order valence-corrected chi connectivity index (χ3v) is 6.25. The number of ether oxygens (including phenoxy) is 1. The minimum Gasteiger partial charge on any atom is -0.471 e. The monoisotopic (exact) mass is 535 g/mol. The number of alkyl halides is 3. The third-order valence-electron chi connectivity index (χ3n) is 5.65. The van der Waals surface area contributed by atoms with Crippen molar-refractivity contribution in [1.29, 1.82) is 10.7 Å². The summed E-state index contributed by atoms with van der Waals surface area (Å²) < 4.78 is 44.2. The number of pyridine rings is 2. The second-order valence-corrected chi connectivity index (χ2v) is 8.84. The minimum atomic E-state index is -4.30. The number of nitrogens with zero attached hydrogens (tertiary/aromatic N) is 4. The van der Waals surface area contributed by atoms with E-state index < -0.39 is 18.3 Å². The van der Waals surface area contributed by atoms with Crippen LogP contribution in [0.5, 0.6) is 5.75 Å². The average molecular weight is 536 g/mol. The van der Waals surface area contributed by atoms with Crippen LogP contribution >= 0.6 is 23.2 Å². The first-order valence-corrected chi connectivity index (χ1v) is 11.2. The summed E-state index contributed by atoms with van der Waals surface area (Å²) in [7, 11) is 0. The van der Waals surface area contributed by atoms with E-state index in [9.17, 15) is 18.4 Å². The summed E-state index contributed by atoms with van der Waals surface area (Å²) in [5.41, 5.74) is 13.3. The Morgan fingerprint density at radius 2 is 1.86 bits per heavy atom. The van der Waals surface area contributed by atoms with E-state index in [4.69, 9.17) is 44.8 Å². The predicted octanol–water partition coefficient (Wildman–Crippen LogP) is 4.69. The number of nitrogen functional groups attached to an aromatic ring is 1. The highest BCUT2D eigenvalue weighted by Gasteiger charge is 2.48. The summed E-state index contributed by atoms with van der Waals surface area (Å²) in [5, 5.41) is 18.6. The summed E-state index contributed by atoms with van der Waals surface area (Å²) in [5.74, 6) is -1.06. The van der Waals surface area contributed by atoms with Crippen molar-refractivity contribution in [2.24, 2.45) is 11.7 Å². The number of rotatable bonds is 6. The Kier molecular flexibility index (Phi) is 6.95.